The summed E-state index contributed by atoms with van der Waals surface area (Å²) < 4.78 is 0. The van der Waals surface area contributed by atoms with Crippen molar-refractivity contribution in [1.82, 2.24) is 15.0 Å². The van der Waals surface area contributed by atoms with Gasteiger partial charge in [-0.3, -0.25) is 15.0 Å². The van der Waals surface area contributed by atoms with Gasteiger partial charge in [0.2, 0.25) is 0 Å². The van der Waals surface area contributed by atoms with Crippen LogP contribution in [0.3, 0.4) is 0 Å². The summed E-state index contributed by atoms with van der Waals surface area (Å²) in [5.74, 6) is 0. The van der Waals surface area contributed by atoms with Crippen molar-refractivity contribution >= 4 is 21.5 Å². The molecule has 0 unspecified atom stereocenters. The summed E-state index contributed by atoms with van der Waals surface area (Å²) in [6.07, 6.45) is 5.64. The maximum atomic E-state index is 4.60. The molecule has 3 heterocycles. The second-order valence-electron chi connectivity index (χ2n) is 5.55. The van der Waals surface area contributed by atoms with Gasteiger partial charge in [-0.05, 0) is 48.9 Å². The van der Waals surface area contributed by atoms with Crippen molar-refractivity contribution in [3.05, 3.63) is 66.4 Å². The minimum Gasteiger partial charge on any atom is -0.262 e. The van der Waals surface area contributed by atoms with Crippen LogP contribution in [0, 0.1) is 13.8 Å². The molecule has 0 radical (unpaired) electrons. The summed E-state index contributed by atoms with van der Waals surface area (Å²) in [4.78, 5) is 13.3. The molecule has 0 aliphatic carbocycles. The molecule has 1 aromatic carbocycles. The van der Waals surface area contributed by atoms with Crippen molar-refractivity contribution < 1.29 is 0 Å². The number of nitrogens with zero attached hydrogens (tertiary/aromatic N) is 3. The number of pyridine rings is 3. The van der Waals surface area contributed by atoms with E-state index < -0.39 is 0 Å². The highest BCUT2D eigenvalue weighted by atomic mass is 14.7. The molecule has 0 aliphatic rings. The molecule has 4 rings (SSSR count). The van der Waals surface area contributed by atoms with Gasteiger partial charge in [-0.1, -0.05) is 12.1 Å². The van der Waals surface area contributed by atoms with Crippen molar-refractivity contribution in [3.8, 4) is 11.3 Å². The summed E-state index contributed by atoms with van der Waals surface area (Å²) in [6.45, 7) is 4.02. The highest BCUT2D eigenvalue weighted by Crippen LogP contribution is 2.31. The lowest BCUT2D eigenvalue weighted by Gasteiger charge is -2.09. The van der Waals surface area contributed by atoms with Gasteiger partial charge in [0.1, 0.15) is 0 Å². The van der Waals surface area contributed by atoms with Crippen LogP contribution < -0.4 is 0 Å². The van der Waals surface area contributed by atoms with E-state index in [0.717, 1.165) is 33.4 Å². The average Bonchev–Trinajstić information content (AvgIpc) is 2.54. The number of fused-ring (bicyclic) bond motifs is 3. The Bertz CT molecular complexity index is 1010. The molecule has 106 valence electrons. The van der Waals surface area contributed by atoms with Crippen LogP contribution >= 0.6 is 0 Å². The smallest absolute Gasteiger partial charge is 0.0781 e. The largest absolute Gasteiger partial charge is 0.262 e. The van der Waals surface area contributed by atoms with Gasteiger partial charge in [0.15, 0.2) is 0 Å². The first kappa shape index (κ1) is 12.9. The van der Waals surface area contributed by atoms with Gasteiger partial charge in [-0.2, -0.15) is 0 Å². The number of aryl methyl sites for hydroxylation is 2. The van der Waals surface area contributed by atoms with Crippen LogP contribution in [0.2, 0.25) is 0 Å². The molecule has 0 saturated carbocycles. The van der Waals surface area contributed by atoms with E-state index in [9.17, 15) is 0 Å². The average molecular weight is 285 g/mol. The summed E-state index contributed by atoms with van der Waals surface area (Å²) in [5.41, 5.74) is 4.12. The normalized spacial score (nSPS) is 11.2. The molecule has 0 atom stereocenters. The van der Waals surface area contributed by atoms with Gasteiger partial charge in [-0.15, -0.1) is 0 Å². The van der Waals surface area contributed by atoms with Gasteiger partial charge < -0.3 is 0 Å². The molecule has 0 amide bonds. The molecular weight excluding hydrogens is 270 g/mol. The van der Waals surface area contributed by atoms with Crippen LogP contribution in [0.15, 0.2) is 55.0 Å². The molecule has 0 fully saturated rings. The summed E-state index contributed by atoms with van der Waals surface area (Å²) in [7, 11) is 0. The highest BCUT2D eigenvalue weighted by Gasteiger charge is 2.08. The van der Waals surface area contributed by atoms with Crippen LogP contribution in [-0.2, 0) is 0 Å². The maximum Gasteiger partial charge on any atom is 0.0781 e. The van der Waals surface area contributed by atoms with Crippen LogP contribution in [0.4, 0.5) is 0 Å². The molecule has 22 heavy (non-hydrogen) atoms. The minimum absolute atomic E-state index is 0.997. The van der Waals surface area contributed by atoms with E-state index in [1.807, 2.05) is 38.5 Å². The monoisotopic (exact) mass is 285 g/mol. The second-order valence-corrected chi connectivity index (χ2v) is 5.55. The molecule has 0 aliphatic heterocycles. The summed E-state index contributed by atoms with van der Waals surface area (Å²) >= 11 is 0. The molecule has 3 heteroatoms. The first-order chi connectivity index (χ1) is 10.7. The van der Waals surface area contributed by atoms with Crippen molar-refractivity contribution in [2.24, 2.45) is 0 Å². The number of aromatic nitrogens is 3. The Balaban J connectivity index is 2.09. The number of rotatable bonds is 1. The zero-order valence-electron chi connectivity index (χ0n) is 12.5. The Labute approximate surface area is 128 Å². The van der Waals surface area contributed by atoms with Crippen molar-refractivity contribution in [1.29, 1.82) is 0 Å². The molecule has 0 spiro atoms. The fourth-order valence-electron chi connectivity index (χ4n) is 2.91. The third-order valence-electron chi connectivity index (χ3n) is 3.95. The Kier molecular flexibility index (Phi) is 2.86. The zero-order chi connectivity index (χ0) is 15.1. The Hall–Kier alpha value is -2.81. The van der Waals surface area contributed by atoms with E-state index >= 15 is 0 Å². The maximum absolute atomic E-state index is 4.60. The summed E-state index contributed by atoms with van der Waals surface area (Å²) in [6, 6.07) is 12.5. The SMILES string of the molecule is Cc1cc(-c2nccc3c2ccc2cnc(C)cc23)ccn1. The molecule has 0 saturated heterocycles. The quantitative estimate of drug-likeness (QED) is 0.485. The van der Waals surface area contributed by atoms with Gasteiger partial charge in [-0.25, -0.2) is 0 Å². The van der Waals surface area contributed by atoms with Crippen LogP contribution in [0.5, 0.6) is 0 Å². The fraction of sp³-hybridized carbons (Fsp3) is 0.105. The number of hydrogen-bond acceptors (Lipinski definition) is 3. The lowest BCUT2D eigenvalue weighted by atomic mass is 9.99. The molecule has 0 N–H and O–H groups in total. The predicted molar refractivity (Wildman–Crippen MR) is 89.7 cm³/mol. The van der Waals surface area contributed by atoms with Gasteiger partial charge >= 0.3 is 0 Å². The Morgan fingerprint density at radius 2 is 1.50 bits per heavy atom. The number of hydrogen-bond donors (Lipinski definition) is 0. The molecule has 3 aromatic heterocycles. The topological polar surface area (TPSA) is 38.7 Å². The van der Waals surface area contributed by atoms with E-state index in [4.69, 9.17) is 0 Å². The van der Waals surface area contributed by atoms with Gasteiger partial charge in [0, 0.05) is 46.3 Å². The Morgan fingerprint density at radius 3 is 2.36 bits per heavy atom. The van der Waals surface area contributed by atoms with Crippen LogP contribution in [-0.4, -0.2) is 15.0 Å². The lowest BCUT2D eigenvalue weighted by molar-refractivity contribution is 1.20. The van der Waals surface area contributed by atoms with Crippen molar-refractivity contribution in [3.63, 3.8) is 0 Å². The van der Waals surface area contributed by atoms with E-state index in [-0.39, 0.29) is 0 Å². The van der Waals surface area contributed by atoms with Crippen molar-refractivity contribution in [2.45, 2.75) is 13.8 Å². The summed E-state index contributed by atoms with van der Waals surface area (Å²) in [5, 5.41) is 4.74. The first-order valence-corrected chi connectivity index (χ1v) is 7.29. The minimum atomic E-state index is 0.997. The lowest BCUT2D eigenvalue weighted by Crippen LogP contribution is -1.90. The zero-order valence-corrected chi connectivity index (χ0v) is 12.5. The van der Waals surface area contributed by atoms with Crippen molar-refractivity contribution in [2.75, 3.05) is 0 Å². The predicted octanol–water partition coefficient (Wildman–Crippen LogP) is 4.46. The molecular formula is C19H15N3. The van der Waals surface area contributed by atoms with E-state index in [0.29, 0.717) is 0 Å². The molecule has 3 nitrogen and oxygen atoms in total. The third-order valence-corrected chi connectivity index (χ3v) is 3.95. The molecule has 0 bridgehead atoms. The van der Waals surface area contributed by atoms with E-state index in [1.54, 1.807) is 0 Å². The Morgan fingerprint density at radius 1 is 0.682 bits per heavy atom. The first-order valence-electron chi connectivity index (χ1n) is 7.29. The van der Waals surface area contributed by atoms with E-state index in [1.165, 1.54) is 10.8 Å². The van der Waals surface area contributed by atoms with E-state index in [2.05, 4.69) is 45.3 Å². The van der Waals surface area contributed by atoms with Crippen LogP contribution in [0.1, 0.15) is 11.4 Å². The standard InChI is InChI=1S/C19H15N3/c1-12-9-14(5-7-20-12)19-17-4-3-15-11-22-13(2)10-18(15)16(17)6-8-21-19/h3-11H,1-2H3. The highest BCUT2D eigenvalue weighted by molar-refractivity contribution is 6.11. The second kappa shape index (κ2) is 4.88. The van der Waals surface area contributed by atoms with Gasteiger partial charge in [0.05, 0.1) is 5.69 Å². The van der Waals surface area contributed by atoms with Crippen LogP contribution in [0.25, 0.3) is 32.8 Å². The number of benzene rings is 1. The third kappa shape index (κ3) is 2.02. The van der Waals surface area contributed by atoms with Gasteiger partial charge in [0.25, 0.3) is 0 Å². The molecule has 4 aromatic rings. The fourth-order valence-corrected chi connectivity index (χ4v) is 2.91.